The Hall–Kier alpha value is -2.55. The van der Waals surface area contributed by atoms with Crippen LogP contribution in [0.3, 0.4) is 0 Å². The van der Waals surface area contributed by atoms with Gasteiger partial charge in [-0.1, -0.05) is 0 Å². The highest BCUT2D eigenvalue weighted by molar-refractivity contribution is 5.86. The molecule has 0 aliphatic carbocycles. The first-order chi connectivity index (χ1) is 13.2. The van der Waals surface area contributed by atoms with Crippen LogP contribution in [-0.4, -0.2) is 55.1 Å². The summed E-state index contributed by atoms with van der Waals surface area (Å²) in [5.74, 6) is -2.75. The van der Waals surface area contributed by atoms with E-state index in [1.165, 1.54) is 19.1 Å². The maximum atomic E-state index is 13.4. The van der Waals surface area contributed by atoms with Gasteiger partial charge in [-0.25, -0.2) is 13.6 Å². The number of amides is 2. The summed E-state index contributed by atoms with van der Waals surface area (Å²) in [5.41, 5.74) is 0.304. The van der Waals surface area contributed by atoms with Crippen molar-refractivity contribution in [3.05, 3.63) is 35.4 Å². The Morgan fingerprint density at radius 2 is 1.89 bits per heavy atom. The van der Waals surface area contributed by atoms with E-state index >= 15 is 0 Å². The molecule has 0 radical (unpaired) electrons. The quantitative estimate of drug-likeness (QED) is 0.672. The summed E-state index contributed by atoms with van der Waals surface area (Å²) in [6.07, 6.45) is 0.0261. The number of carbonyl (C=O) groups excluding carboxylic acids is 3. The van der Waals surface area contributed by atoms with Crippen LogP contribution in [-0.2, 0) is 30.4 Å². The Morgan fingerprint density at radius 3 is 2.46 bits per heavy atom. The zero-order chi connectivity index (χ0) is 20.8. The molecule has 1 aromatic carbocycles. The molecule has 154 valence electrons. The van der Waals surface area contributed by atoms with E-state index in [9.17, 15) is 23.2 Å². The average molecular weight is 398 g/mol. The molecule has 1 aromatic rings. The number of halogens is 2. The van der Waals surface area contributed by atoms with Gasteiger partial charge in [0.25, 0.3) is 0 Å². The predicted octanol–water partition coefficient (Wildman–Crippen LogP) is 1.54. The zero-order valence-electron chi connectivity index (χ0n) is 16.0. The highest BCUT2D eigenvalue weighted by atomic mass is 19.1. The van der Waals surface area contributed by atoms with Gasteiger partial charge >= 0.3 is 5.97 Å². The van der Waals surface area contributed by atoms with Gasteiger partial charge in [-0.3, -0.25) is 9.59 Å². The summed E-state index contributed by atoms with van der Waals surface area (Å²) in [6.45, 7) is 1.62. The number of esters is 1. The molecule has 1 N–H and O–H groups in total. The van der Waals surface area contributed by atoms with Gasteiger partial charge in [-0.05, 0) is 31.0 Å². The lowest BCUT2D eigenvalue weighted by molar-refractivity contribution is -0.149. The average Bonchev–Trinajstić information content (AvgIpc) is 2.97. The fraction of sp³-hybridized carbons (Fsp3) is 0.526. The molecule has 0 saturated carbocycles. The topological polar surface area (TPSA) is 84.9 Å². The van der Waals surface area contributed by atoms with Crippen molar-refractivity contribution in [2.75, 3.05) is 14.2 Å². The fourth-order valence-corrected chi connectivity index (χ4v) is 3.20. The number of carbonyl (C=O) groups is 3. The van der Waals surface area contributed by atoms with Gasteiger partial charge < -0.3 is 19.7 Å². The molecule has 1 heterocycles. The first-order valence-corrected chi connectivity index (χ1v) is 8.89. The summed E-state index contributed by atoms with van der Waals surface area (Å²) in [4.78, 5) is 37.9. The Balaban J connectivity index is 2.05. The van der Waals surface area contributed by atoms with Gasteiger partial charge in [0, 0.05) is 38.6 Å². The number of nitrogens with zero attached hydrogens (tertiary/aromatic N) is 1. The lowest BCUT2D eigenvalue weighted by Crippen LogP contribution is -2.50. The van der Waals surface area contributed by atoms with E-state index < -0.39 is 41.7 Å². The van der Waals surface area contributed by atoms with Crippen LogP contribution < -0.4 is 5.32 Å². The first kappa shape index (κ1) is 21.7. The monoisotopic (exact) mass is 398 g/mol. The lowest BCUT2D eigenvalue weighted by Gasteiger charge is -2.26. The van der Waals surface area contributed by atoms with Crippen molar-refractivity contribution in [1.29, 1.82) is 0 Å². The number of rotatable bonds is 8. The largest absolute Gasteiger partial charge is 0.467 e. The smallest absolute Gasteiger partial charge is 0.331 e. The molecule has 3 atom stereocenters. The number of methoxy groups -OCH3 is 2. The molecule has 28 heavy (non-hydrogen) atoms. The second kappa shape index (κ2) is 9.59. The Bertz CT molecular complexity index is 723. The summed E-state index contributed by atoms with van der Waals surface area (Å²) in [6, 6.07) is 1.64. The Labute approximate surface area is 162 Å². The van der Waals surface area contributed by atoms with E-state index in [0.717, 1.165) is 18.2 Å². The van der Waals surface area contributed by atoms with E-state index in [2.05, 4.69) is 10.1 Å². The minimum absolute atomic E-state index is 0.000361. The lowest BCUT2D eigenvalue weighted by atomic mass is 10.1. The molecule has 2 rings (SSSR count). The van der Waals surface area contributed by atoms with Crippen LogP contribution in [0.25, 0.3) is 0 Å². The van der Waals surface area contributed by atoms with Crippen molar-refractivity contribution in [3.8, 4) is 0 Å². The highest BCUT2D eigenvalue weighted by Crippen LogP contribution is 2.24. The molecule has 2 amide bonds. The van der Waals surface area contributed by atoms with Crippen LogP contribution in [0.1, 0.15) is 31.7 Å². The minimum atomic E-state index is -0.981. The van der Waals surface area contributed by atoms with E-state index in [1.807, 2.05) is 0 Å². The van der Waals surface area contributed by atoms with E-state index in [-0.39, 0.29) is 25.3 Å². The fourth-order valence-electron chi connectivity index (χ4n) is 3.20. The molecule has 1 fully saturated rings. The van der Waals surface area contributed by atoms with Crippen LogP contribution >= 0.6 is 0 Å². The Kier molecular flexibility index (Phi) is 7.45. The number of hydrogen-bond acceptors (Lipinski definition) is 5. The third-order valence-corrected chi connectivity index (χ3v) is 4.76. The Morgan fingerprint density at radius 1 is 1.25 bits per heavy atom. The summed E-state index contributed by atoms with van der Waals surface area (Å²) >= 11 is 0. The molecule has 0 bridgehead atoms. The van der Waals surface area contributed by atoms with Crippen LogP contribution in [0.5, 0.6) is 0 Å². The van der Waals surface area contributed by atoms with Gasteiger partial charge in [-0.2, -0.15) is 0 Å². The summed E-state index contributed by atoms with van der Waals surface area (Å²) in [5, 5.41) is 2.57. The molecular formula is C19H24F2N2O5. The van der Waals surface area contributed by atoms with Gasteiger partial charge in [0.1, 0.15) is 11.6 Å². The second-order valence-electron chi connectivity index (χ2n) is 6.71. The molecule has 1 aliphatic heterocycles. The second-order valence-corrected chi connectivity index (χ2v) is 6.71. The van der Waals surface area contributed by atoms with E-state index in [4.69, 9.17) is 4.74 Å². The first-order valence-electron chi connectivity index (χ1n) is 8.89. The maximum Gasteiger partial charge on any atom is 0.331 e. The van der Waals surface area contributed by atoms with Gasteiger partial charge in [0.05, 0.1) is 13.2 Å². The van der Waals surface area contributed by atoms with Crippen molar-refractivity contribution in [2.24, 2.45) is 0 Å². The van der Waals surface area contributed by atoms with Crippen LogP contribution in [0.2, 0.25) is 0 Å². The SMILES string of the molecule is COC(=O)[C@@H](NC(=O)C[C@@H]1CCC(=O)N1Cc1cc(F)cc(F)c1)[C@@H](C)OC. The molecule has 1 saturated heterocycles. The van der Waals surface area contributed by atoms with Crippen LogP contribution in [0, 0.1) is 11.6 Å². The minimum Gasteiger partial charge on any atom is -0.467 e. The van der Waals surface area contributed by atoms with Crippen molar-refractivity contribution >= 4 is 17.8 Å². The van der Waals surface area contributed by atoms with Crippen LogP contribution in [0.4, 0.5) is 8.78 Å². The van der Waals surface area contributed by atoms with Crippen molar-refractivity contribution in [1.82, 2.24) is 10.2 Å². The van der Waals surface area contributed by atoms with Gasteiger partial charge in [-0.15, -0.1) is 0 Å². The summed E-state index contributed by atoms with van der Waals surface area (Å²) < 4.78 is 36.6. The predicted molar refractivity (Wildman–Crippen MR) is 95.0 cm³/mol. The third-order valence-electron chi connectivity index (χ3n) is 4.76. The van der Waals surface area contributed by atoms with Gasteiger partial charge in [0.15, 0.2) is 6.04 Å². The van der Waals surface area contributed by atoms with E-state index in [1.54, 1.807) is 6.92 Å². The van der Waals surface area contributed by atoms with Gasteiger partial charge in [0.2, 0.25) is 11.8 Å². The van der Waals surface area contributed by atoms with Crippen molar-refractivity contribution in [3.63, 3.8) is 0 Å². The number of benzene rings is 1. The number of nitrogens with one attached hydrogen (secondary N) is 1. The molecule has 9 heteroatoms. The molecule has 1 aliphatic rings. The molecule has 0 unspecified atom stereocenters. The molecular weight excluding hydrogens is 374 g/mol. The molecule has 7 nitrogen and oxygen atoms in total. The standard InChI is InChI=1S/C19H24F2N2O5/c1-11(27-2)18(19(26)28-3)22-16(24)9-15-4-5-17(25)23(15)10-12-6-13(20)8-14(21)7-12/h6-8,11,15,18H,4-5,9-10H2,1-3H3,(H,22,24)/t11-,15+,18+/m1/s1. The zero-order valence-corrected chi connectivity index (χ0v) is 16.0. The number of likely N-dealkylation sites (tertiary alicyclic amines) is 1. The van der Waals surface area contributed by atoms with Crippen molar-refractivity contribution in [2.45, 2.75) is 50.9 Å². The third kappa shape index (κ3) is 5.48. The highest BCUT2D eigenvalue weighted by Gasteiger charge is 2.34. The van der Waals surface area contributed by atoms with Crippen LogP contribution in [0.15, 0.2) is 18.2 Å². The molecule has 0 aromatic heterocycles. The number of ether oxygens (including phenoxy) is 2. The number of hydrogen-bond donors (Lipinski definition) is 1. The van der Waals surface area contributed by atoms with Crippen molar-refractivity contribution < 1.29 is 32.6 Å². The summed E-state index contributed by atoms with van der Waals surface area (Å²) in [7, 11) is 2.61. The van der Waals surface area contributed by atoms with E-state index in [0.29, 0.717) is 12.0 Å². The normalized spacial score (nSPS) is 18.7. The maximum absolute atomic E-state index is 13.4. The molecule has 0 spiro atoms.